The van der Waals surface area contributed by atoms with Gasteiger partial charge in [-0.25, -0.2) is 0 Å². The minimum atomic E-state index is -0.333. The number of halogens is 1. The third kappa shape index (κ3) is 2.25. The fourth-order valence-electron chi connectivity index (χ4n) is 1.98. The van der Waals surface area contributed by atoms with Gasteiger partial charge < -0.3 is 4.90 Å². The van der Waals surface area contributed by atoms with Crippen molar-refractivity contribution < 1.29 is 4.79 Å². The minimum absolute atomic E-state index is 0.202. The molecule has 1 fully saturated rings. The van der Waals surface area contributed by atoms with Crippen LogP contribution in [-0.2, 0) is 0 Å². The van der Waals surface area contributed by atoms with Crippen LogP contribution in [0.5, 0.6) is 0 Å². The summed E-state index contributed by atoms with van der Waals surface area (Å²) < 4.78 is 0. The summed E-state index contributed by atoms with van der Waals surface area (Å²) >= 11 is 6.02. The molecule has 1 unspecified atom stereocenters. The van der Waals surface area contributed by atoms with E-state index in [4.69, 9.17) is 16.9 Å². The largest absolute Gasteiger partial charge is 0.323 e. The summed E-state index contributed by atoms with van der Waals surface area (Å²) in [4.78, 5) is 17.8. The molecule has 17 heavy (non-hydrogen) atoms. The van der Waals surface area contributed by atoms with Crippen LogP contribution in [-0.4, -0.2) is 28.4 Å². The molecule has 0 saturated carbocycles. The molecule has 0 radical (unpaired) electrons. The quantitative estimate of drug-likeness (QED) is 0.767. The summed E-state index contributed by atoms with van der Waals surface area (Å²) in [5.74, 6) is -0.202. The van der Waals surface area contributed by atoms with E-state index in [-0.39, 0.29) is 11.9 Å². The van der Waals surface area contributed by atoms with Crippen molar-refractivity contribution >= 4 is 17.5 Å². The molecule has 0 aromatic carbocycles. The number of rotatable bonds is 1. The van der Waals surface area contributed by atoms with Crippen molar-refractivity contribution in [2.45, 2.75) is 25.8 Å². The number of aryl methyl sites for hydroxylation is 1. The molecule has 5 heteroatoms. The van der Waals surface area contributed by atoms with E-state index in [2.05, 4.69) is 11.1 Å². The van der Waals surface area contributed by atoms with Crippen molar-refractivity contribution in [1.82, 2.24) is 9.88 Å². The van der Waals surface area contributed by atoms with E-state index in [0.717, 1.165) is 18.5 Å². The van der Waals surface area contributed by atoms with Gasteiger partial charge in [-0.3, -0.25) is 9.78 Å². The van der Waals surface area contributed by atoms with Gasteiger partial charge in [-0.2, -0.15) is 5.26 Å². The lowest BCUT2D eigenvalue weighted by Crippen LogP contribution is -2.34. The average molecular weight is 250 g/mol. The Bertz CT molecular complexity index is 495. The first-order chi connectivity index (χ1) is 8.13. The van der Waals surface area contributed by atoms with Gasteiger partial charge in [0.1, 0.15) is 6.04 Å². The monoisotopic (exact) mass is 249 g/mol. The Morgan fingerprint density at radius 1 is 1.71 bits per heavy atom. The molecule has 1 atom stereocenters. The zero-order valence-corrected chi connectivity index (χ0v) is 10.2. The van der Waals surface area contributed by atoms with Crippen molar-refractivity contribution in [3.63, 3.8) is 0 Å². The van der Waals surface area contributed by atoms with Crippen LogP contribution in [0.4, 0.5) is 0 Å². The van der Waals surface area contributed by atoms with Crippen LogP contribution in [0.15, 0.2) is 12.3 Å². The second-order valence-electron chi connectivity index (χ2n) is 4.09. The van der Waals surface area contributed by atoms with Crippen molar-refractivity contribution in [1.29, 1.82) is 5.26 Å². The lowest BCUT2D eigenvalue weighted by atomic mass is 10.2. The highest BCUT2D eigenvalue weighted by molar-refractivity contribution is 6.33. The number of aromatic nitrogens is 1. The third-order valence-corrected chi connectivity index (χ3v) is 3.20. The molecule has 1 aliphatic heterocycles. The van der Waals surface area contributed by atoms with Gasteiger partial charge in [0, 0.05) is 18.4 Å². The van der Waals surface area contributed by atoms with Crippen molar-refractivity contribution in [3.05, 3.63) is 28.5 Å². The summed E-state index contributed by atoms with van der Waals surface area (Å²) in [6.45, 7) is 2.43. The zero-order chi connectivity index (χ0) is 12.4. The Hall–Kier alpha value is -1.60. The lowest BCUT2D eigenvalue weighted by molar-refractivity contribution is 0.0764. The molecule has 1 aliphatic rings. The molecule has 1 aromatic rings. The smallest absolute Gasteiger partial charge is 0.258 e. The van der Waals surface area contributed by atoms with Gasteiger partial charge in [0.15, 0.2) is 0 Å². The van der Waals surface area contributed by atoms with Crippen molar-refractivity contribution in [2.24, 2.45) is 0 Å². The summed E-state index contributed by atoms with van der Waals surface area (Å²) in [6.07, 6.45) is 3.08. The number of hydrogen-bond acceptors (Lipinski definition) is 3. The predicted octanol–water partition coefficient (Wildman–Crippen LogP) is 2.17. The fraction of sp³-hybridized carbons (Fsp3) is 0.417. The lowest BCUT2D eigenvalue weighted by Gasteiger charge is -2.19. The highest BCUT2D eigenvalue weighted by Crippen LogP contribution is 2.23. The van der Waals surface area contributed by atoms with Gasteiger partial charge in [0.2, 0.25) is 0 Å². The first kappa shape index (κ1) is 11.9. The van der Waals surface area contributed by atoms with Crippen molar-refractivity contribution in [2.75, 3.05) is 6.54 Å². The Morgan fingerprint density at radius 3 is 3.12 bits per heavy atom. The van der Waals surface area contributed by atoms with Gasteiger partial charge >= 0.3 is 0 Å². The highest BCUT2D eigenvalue weighted by Gasteiger charge is 2.30. The van der Waals surface area contributed by atoms with Crippen LogP contribution >= 0.6 is 11.6 Å². The summed E-state index contributed by atoms with van der Waals surface area (Å²) in [6, 6.07) is 3.46. The van der Waals surface area contributed by atoms with Gasteiger partial charge in [0.05, 0.1) is 16.7 Å². The first-order valence-corrected chi connectivity index (χ1v) is 5.84. The molecule has 1 saturated heterocycles. The Kier molecular flexibility index (Phi) is 3.30. The van der Waals surface area contributed by atoms with E-state index >= 15 is 0 Å². The minimum Gasteiger partial charge on any atom is -0.323 e. The van der Waals surface area contributed by atoms with Gasteiger partial charge in [-0.15, -0.1) is 0 Å². The number of hydrogen-bond donors (Lipinski definition) is 0. The maximum Gasteiger partial charge on any atom is 0.258 e. The molecule has 0 N–H and O–H groups in total. The van der Waals surface area contributed by atoms with Crippen molar-refractivity contribution in [3.8, 4) is 6.07 Å². The van der Waals surface area contributed by atoms with Gasteiger partial charge in [-0.1, -0.05) is 11.6 Å². The second kappa shape index (κ2) is 4.72. The topological polar surface area (TPSA) is 57.0 Å². The van der Waals surface area contributed by atoms with E-state index in [1.165, 1.54) is 6.20 Å². The normalized spacial score (nSPS) is 19.1. The summed E-state index contributed by atoms with van der Waals surface area (Å²) in [7, 11) is 0. The molecule has 0 aliphatic carbocycles. The number of nitrogens with zero attached hydrogens (tertiary/aromatic N) is 3. The number of likely N-dealkylation sites (tertiary alicyclic amines) is 1. The highest BCUT2D eigenvalue weighted by atomic mass is 35.5. The number of pyridine rings is 1. The molecular formula is C12H12ClN3O. The van der Waals surface area contributed by atoms with Crippen LogP contribution in [0.25, 0.3) is 0 Å². The fourth-order valence-corrected chi connectivity index (χ4v) is 2.27. The SMILES string of the molecule is Cc1cc(Cl)c(C(=O)N2CCCC2C#N)cn1. The zero-order valence-electron chi connectivity index (χ0n) is 9.48. The number of amides is 1. The van der Waals surface area contributed by atoms with Crippen LogP contribution < -0.4 is 0 Å². The Morgan fingerprint density at radius 2 is 2.47 bits per heavy atom. The summed E-state index contributed by atoms with van der Waals surface area (Å²) in [5, 5.41) is 9.35. The summed E-state index contributed by atoms with van der Waals surface area (Å²) in [5.41, 5.74) is 1.14. The molecule has 1 aromatic heterocycles. The molecular weight excluding hydrogens is 238 g/mol. The molecule has 4 nitrogen and oxygen atoms in total. The van der Waals surface area contributed by atoms with E-state index < -0.39 is 0 Å². The molecule has 88 valence electrons. The average Bonchev–Trinajstić information content (AvgIpc) is 2.76. The molecule has 2 heterocycles. The Labute approximate surface area is 105 Å². The van der Waals surface area contributed by atoms with Crippen LogP contribution in [0, 0.1) is 18.3 Å². The maximum atomic E-state index is 12.2. The standard InChI is InChI=1S/C12H12ClN3O/c1-8-5-11(13)10(7-15-8)12(17)16-4-2-3-9(16)6-14/h5,7,9H,2-4H2,1H3. The molecule has 0 bridgehead atoms. The molecule has 1 amide bonds. The van der Waals surface area contributed by atoms with Crippen LogP contribution in [0.2, 0.25) is 5.02 Å². The van der Waals surface area contributed by atoms with E-state index in [9.17, 15) is 4.79 Å². The van der Waals surface area contributed by atoms with Gasteiger partial charge in [-0.05, 0) is 25.8 Å². The second-order valence-corrected chi connectivity index (χ2v) is 4.50. The van der Waals surface area contributed by atoms with E-state index in [1.54, 1.807) is 11.0 Å². The molecule has 0 spiro atoms. The predicted molar refractivity (Wildman–Crippen MR) is 63.7 cm³/mol. The van der Waals surface area contributed by atoms with E-state index in [0.29, 0.717) is 17.1 Å². The van der Waals surface area contributed by atoms with Crippen LogP contribution in [0.3, 0.4) is 0 Å². The van der Waals surface area contributed by atoms with Crippen LogP contribution in [0.1, 0.15) is 28.9 Å². The van der Waals surface area contributed by atoms with E-state index in [1.807, 2.05) is 6.92 Å². The third-order valence-electron chi connectivity index (χ3n) is 2.88. The van der Waals surface area contributed by atoms with Gasteiger partial charge in [0.25, 0.3) is 5.91 Å². The Balaban J connectivity index is 2.28. The maximum absolute atomic E-state index is 12.2. The molecule has 2 rings (SSSR count). The number of carbonyl (C=O) groups excluding carboxylic acids is 1. The number of nitriles is 1. The first-order valence-electron chi connectivity index (χ1n) is 5.46. The number of carbonyl (C=O) groups is 1.